The SMILES string of the molecule is CCOC(=O)C[C@@H](Cc1ccc(-c2ccccc2)cc1)NC=Cc1nn[nH]n1. The van der Waals surface area contributed by atoms with Crippen molar-refractivity contribution >= 4 is 12.0 Å². The first-order valence-corrected chi connectivity index (χ1v) is 9.20. The van der Waals surface area contributed by atoms with E-state index < -0.39 is 0 Å². The average Bonchev–Trinajstić information content (AvgIpc) is 3.23. The van der Waals surface area contributed by atoms with Gasteiger partial charge in [0.1, 0.15) is 0 Å². The number of carbonyl (C=O) groups excluding carboxylic acids is 1. The molecule has 0 bridgehead atoms. The second-order valence-electron chi connectivity index (χ2n) is 6.24. The van der Waals surface area contributed by atoms with Gasteiger partial charge in [0.15, 0.2) is 5.82 Å². The van der Waals surface area contributed by atoms with E-state index in [0.29, 0.717) is 18.9 Å². The fraction of sp³-hybridized carbons (Fsp3) is 0.238. The number of rotatable bonds is 9. The third-order valence-electron chi connectivity index (χ3n) is 4.19. The summed E-state index contributed by atoms with van der Waals surface area (Å²) in [4.78, 5) is 11.9. The Balaban J connectivity index is 1.66. The molecule has 2 aromatic carbocycles. The zero-order chi connectivity index (χ0) is 19.6. The lowest BCUT2D eigenvalue weighted by Crippen LogP contribution is -2.30. The first-order chi connectivity index (χ1) is 13.7. The highest BCUT2D eigenvalue weighted by molar-refractivity contribution is 5.70. The first-order valence-electron chi connectivity index (χ1n) is 9.20. The Hall–Kier alpha value is -3.48. The zero-order valence-corrected chi connectivity index (χ0v) is 15.7. The maximum Gasteiger partial charge on any atom is 0.307 e. The van der Waals surface area contributed by atoms with Crippen LogP contribution in [0.2, 0.25) is 0 Å². The maximum absolute atomic E-state index is 11.9. The van der Waals surface area contributed by atoms with Crippen LogP contribution in [-0.2, 0) is 16.0 Å². The number of aromatic amines is 1. The van der Waals surface area contributed by atoms with Gasteiger partial charge in [-0.1, -0.05) is 54.6 Å². The van der Waals surface area contributed by atoms with Crippen LogP contribution in [0.3, 0.4) is 0 Å². The molecule has 0 fully saturated rings. The second-order valence-corrected chi connectivity index (χ2v) is 6.24. The van der Waals surface area contributed by atoms with Crippen molar-refractivity contribution in [3.63, 3.8) is 0 Å². The molecular weight excluding hydrogens is 354 g/mol. The largest absolute Gasteiger partial charge is 0.466 e. The van der Waals surface area contributed by atoms with Crippen molar-refractivity contribution in [2.24, 2.45) is 0 Å². The Morgan fingerprint density at radius 3 is 2.57 bits per heavy atom. The summed E-state index contributed by atoms with van der Waals surface area (Å²) >= 11 is 0. The van der Waals surface area contributed by atoms with Gasteiger partial charge < -0.3 is 10.1 Å². The number of H-pyrrole nitrogens is 1. The van der Waals surface area contributed by atoms with E-state index >= 15 is 0 Å². The summed E-state index contributed by atoms with van der Waals surface area (Å²) in [6.07, 6.45) is 4.38. The molecular formula is C21H23N5O2. The standard InChI is InChI=1S/C21H23N5O2/c1-2-28-21(27)15-19(22-13-12-20-23-25-26-24-20)14-16-8-10-18(11-9-16)17-6-4-3-5-7-17/h3-13,19,22H,2,14-15H2,1H3,(H,23,24,25,26)/t19-/m1/s1. The van der Waals surface area contributed by atoms with Crippen LogP contribution in [0.4, 0.5) is 0 Å². The highest BCUT2D eigenvalue weighted by atomic mass is 16.5. The molecule has 1 heterocycles. The number of nitrogens with one attached hydrogen (secondary N) is 2. The van der Waals surface area contributed by atoms with E-state index in [9.17, 15) is 4.79 Å². The van der Waals surface area contributed by atoms with Gasteiger partial charge >= 0.3 is 5.97 Å². The average molecular weight is 377 g/mol. The van der Waals surface area contributed by atoms with E-state index in [0.717, 1.165) is 11.1 Å². The van der Waals surface area contributed by atoms with Gasteiger partial charge in [-0.25, -0.2) is 0 Å². The van der Waals surface area contributed by atoms with Crippen LogP contribution in [-0.4, -0.2) is 39.2 Å². The molecule has 0 saturated carbocycles. The number of esters is 1. The number of nitrogens with zero attached hydrogens (tertiary/aromatic N) is 3. The molecule has 1 atom stereocenters. The fourth-order valence-electron chi connectivity index (χ4n) is 2.86. The van der Waals surface area contributed by atoms with Gasteiger partial charge in [0.05, 0.1) is 13.0 Å². The van der Waals surface area contributed by atoms with E-state index in [1.807, 2.05) is 18.2 Å². The number of carbonyl (C=O) groups is 1. The van der Waals surface area contributed by atoms with E-state index in [-0.39, 0.29) is 18.4 Å². The Kier molecular flexibility index (Phi) is 6.89. The molecule has 0 radical (unpaired) electrons. The molecule has 1 aromatic heterocycles. The van der Waals surface area contributed by atoms with E-state index in [2.05, 4.69) is 62.3 Å². The second kappa shape index (κ2) is 10.0. The summed E-state index contributed by atoms with van der Waals surface area (Å²) in [6, 6.07) is 18.5. The molecule has 3 aromatic rings. The highest BCUT2D eigenvalue weighted by Crippen LogP contribution is 2.20. The molecule has 2 N–H and O–H groups in total. The van der Waals surface area contributed by atoms with Gasteiger partial charge in [0, 0.05) is 18.3 Å². The third kappa shape index (κ3) is 5.77. The Morgan fingerprint density at radius 2 is 1.89 bits per heavy atom. The van der Waals surface area contributed by atoms with Crippen LogP contribution in [0.15, 0.2) is 60.8 Å². The van der Waals surface area contributed by atoms with E-state index in [4.69, 9.17) is 4.74 Å². The van der Waals surface area contributed by atoms with Crippen LogP contribution in [0.1, 0.15) is 24.7 Å². The molecule has 0 saturated heterocycles. The van der Waals surface area contributed by atoms with Crippen LogP contribution >= 0.6 is 0 Å². The Bertz CT molecular complexity index is 877. The molecule has 7 heteroatoms. The van der Waals surface area contributed by atoms with Crippen LogP contribution in [0.25, 0.3) is 17.2 Å². The fourth-order valence-corrected chi connectivity index (χ4v) is 2.86. The van der Waals surface area contributed by atoms with Crippen LogP contribution in [0, 0.1) is 0 Å². The molecule has 3 rings (SSSR count). The van der Waals surface area contributed by atoms with Crippen molar-refractivity contribution in [2.75, 3.05) is 6.61 Å². The lowest BCUT2D eigenvalue weighted by atomic mass is 9.99. The number of ether oxygens (including phenoxy) is 1. The minimum absolute atomic E-state index is 0.107. The quantitative estimate of drug-likeness (QED) is 0.557. The monoisotopic (exact) mass is 377 g/mol. The summed E-state index contributed by atoms with van der Waals surface area (Å²) in [7, 11) is 0. The minimum atomic E-state index is -0.228. The summed E-state index contributed by atoms with van der Waals surface area (Å²) in [5.74, 6) is 0.239. The summed E-state index contributed by atoms with van der Waals surface area (Å²) < 4.78 is 5.10. The van der Waals surface area contributed by atoms with Crippen LogP contribution in [0.5, 0.6) is 0 Å². The molecule has 0 aliphatic heterocycles. The number of hydrogen-bond acceptors (Lipinski definition) is 6. The normalized spacial score (nSPS) is 12.0. The van der Waals surface area contributed by atoms with Gasteiger partial charge in [-0.3, -0.25) is 4.79 Å². The summed E-state index contributed by atoms with van der Waals surface area (Å²) in [5, 5.41) is 16.9. The van der Waals surface area contributed by atoms with Gasteiger partial charge in [-0.2, -0.15) is 5.21 Å². The number of tetrazole rings is 1. The van der Waals surface area contributed by atoms with Crippen molar-refractivity contribution in [3.05, 3.63) is 72.2 Å². The molecule has 144 valence electrons. The maximum atomic E-state index is 11.9. The Labute approximate surface area is 163 Å². The van der Waals surface area contributed by atoms with Gasteiger partial charge in [-0.05, 0) is 35.2 Å². The minimum Gasteiger partial charge on any atom is -0.466 e. The number of benzene rings is 2. The third-order valence-corrected chi connectivity index (χ3v) is 4.19. The highest BCUT2D eigenvalue weighted by Gasteiger charge is 2.14. The molecule has 0 aliphatic carbocycles. The molecule has 0 amide bonds. The van der Waals surface area contributed by atoms with Crippen molar-refractivity contribution in [1.82, 2.24) is 25.9 Å². The topological polar surface area (TPSA) is 92.8 Å². The predicted octanol–water partition coefficient (Wildman–Crippen LogP) is 2.99. The summed E-state index contributed by atoms with van der Waals surface area (Å²) in [6.45, 7) is 2.18. The number of aromatic nitrogens is 4. The lowest BCUT2D eigenvalue weighted by molar-refractivity contribution is -0.143. The number of hydrogen-bond donors (Lipinski definition) is 2. The molecule has 7 nitrogen and oxygen atoms in total. The molecule has 0 unspecified atom stereocenters. The molecule has 0 aliphatic rings. The predicted molar refractivity (Wildman–Crippen MR) is 107 cm³/mol. The van der Waals surface area contributed by atoms with Crippen molar-refractivity contribution in [2.45, 2.75) is 25.8 Å². The van der Waals surface area contributed by atoms with Crippen molar-refractivity contribution in [3.8, 4) is 11.1 Å². The lowest BCUT2D eigenvalue weighted by Gasteiger charge is -2.17. The first kappa shape index (κ1) is 19.3. The van der Waals surface area contributed by atoms with Gasteiger partial charge in [0.25, 0.3) is 0 Å². The Morgan fingerprint density at radius 1 is 1.14 bits per heavy atom. The van der Waals surface area contributed by atoms with Crippen molar-refractivity contribution in [1.29, 1.82) is 0 Å². The molecule has 0 spiro atoms. The smallest absolute Gasteiger partial charge is 0.307 e. The van der Waals surface area contributed by atoms with E-state index in [1.165, 1.54) is 5.56 Å². The van der Waals surface area contributed by atoms with Gasteiger partial charge in [0.2, 0.25) is 0 Å². The zero-order valence-electron chi connectivity index (χ0n) is 15.7. The summed E-state index contributed by atoms with van der Waals surface area (Å²) in [5.41, 5.74) is 3.48. The molecule has 28 heavy (non-hydrogen) atoms. The van der Waals surface area contributed by atoms with Crippen LogP contribution < -0.4 is 5.32 Å². The van der Waals surface area contributed by atoms with E-state index in [1.54, 1.807) is 19.2 Å². The van der Waals surface area contributed by atoms with Gasteiger partial charge in [-0.15, -0.1) is 10.2 Å². The van der Waals surface area contributed by atoms with Crippen molar-refractivity contribution < 1.29 is 9.53 Å².